The topological polar surface area (TPSA) is 9.23 Å². The molecule has 1 nitrogen and oxygen atoms in total. The standard InChI is InChI=1S/C6H15ClOSi/c1-5(2)6(3,4-7)8-9/h5H,4H2,1-3,9H3. The van der Waals surface area contributed by atoms with E-state index in [4.69, 9.17) is 16.0 Å². The molecule has 0 rings (SSSR count). The highest BCUT2D eigenvalue weighted by Crippen LogP contribution is 2.21. The summed E-state index contributed by atoms with van der Waals surface area (Å²) in [6.07, 6.45) is 0. The van der Waals surface area contributed by atoms with Gasteiger partial charge in [-0.3, -0.25) is 0 Å². The zero-order valence-corrected chi connectivity index (χ0v) is 9.33. The molecule has 0 heterocycles. The van der Waals surface area contributed by atoms with Gasteiger partial charge in [0.1, 0.15) is 10.5 Å². The molecule has 3 heteroatoms. The largest absolute Gasteiger partial charge is 0.421 e. The molecule has 0 fully saturated rings. The van der Waals surface area contributed by atoms with Crippen molar-refractivity contribution in [1.82, 2.24) is 0 Å². The van der Waals surface area contributed by atoms with Gasteiger partial charge < -0.3 is 4.43 Å². The Morgan fingerprint density at radius 1 is 1.67 bits per heavy atom. The summed E-state index contributed by atoms with van der Waals surface area (Å²) in [7, 11) is 0.770. The normalized spacial score (nSPS) is 18.3. The molecule has 0 aliphatic carbocycles. The molecule has 0 aromatic rings. The average Bonchev–Trinajstić information content (AvgIpc) is 1.86. The van der Waals surface area contributed by atoms with Crippen molar-refractivity contribution in [2.24, 2.45) is 5.92 Å². The number of halogens is 1. The van der Waals surface area contributed by atoms with Crippen LogP contribution in [0.2, 0.25) is 0 Å². The first-order valence-electron chi connectivity index (χ1n) is 3.18. The first-order valence-corrected chi connectivity index (χ1v) is 4.53. The molecule has 0 amide bonds. The van der Waals surface area contributed by atoms with Crippen LogP contribution in [0.15, 0.2) is 0 Å². The Morgan fingerprint density at radius 2 is 2.11 bits per heavy atom. The predicted molar refractivity (Wildman–Crippen MR) is 45.0 cm³/mol. The van der Waals surface area contributed by atoms with Gasteiger partial charge in [0, 0.05) is 0 Å². The van der Waals surface area contributed by atoms with Gasteiger partial charge in [-0.05, 0) is 12.8 Å². The van der Waals surface area contributed by atoms with Crippen LogP contribution in [-0.2, 0) is 4.43 Å². The van der Waals surface area contributed by atoms with Crippen LogP contribution in [0.1, 0.15) is 20.8 Å². The van der Waals surface area contributed by atoms with Crippen LogP contribution < -0.4 is 0 Å². The Balaban J connectivity index is 3.92. The summed E-state index contributed by atoms with van der Waals surface area (Å²) in [6.45, 7) is 6.30. The second kappa shape index (κ2) is 3.59. The van der Waals surface area contributed by atoms with Crippen molar-refractivity contribution in [2.75, 3.05) is 5.88 Å². The van der Waals surface area contributed by atoms with Crippen molar-refractivity contribution in [1.29, 1.82) is 0 Å². The van der Waals surface area contributed by atoms with Crippen molar-refractivity contribution >= 4 is 22.1 Å². The summed E-state index contributed by atoms with van der Waals surface area (Å²) in [5.41, 5.74) is -0.0895. The van der Waals surface area contributed by atoms with Gasteiger partial charge in [-0.25, -0.2) is 0 Å². The maximum absolute atomic E-state index is 5.70. The van der Waals surface area contributed by atoms with Crippen molar-refractivity contribution in [3.05, 3.63) is 0 Å². The molecule has 0 aromatic carbocycles. The van der Waals surface area contributed by atoms with E-state index < -0.39 is 0 Å². The second-order valence-electron chi connectivity index (χ2n) is 2.81. The van der Waals surface area contributed by atoms with E-state index in [9.17, 15) is 0 Å². The fourth-order valence-electron chi connectivity index (χ4n) is 0.445. The van der Waals surface area contributed by atoms with Crippen molar-refractivity contribution in [3.8, 4) is 0 Å². The molecular weight excluding hydrogens is 152 g/mol. The molecule has 0 aliphatic rings. The Hall–Kier alpha value is 0.467. The first-order chi connectivity index (χ1) is 4.06. The maximum Gasteiger partial charge on any atom is 0.146 e. The molecule has 56 valence electrons. The first kappa shape index (κ1) is 9.47. The molecule has 0 N–H and O–H groups in total. The lowest BCUT2D eigenvalue weighted by molar-refractivity contribution is 0.0744. The average molecular weight is 167 g/mol. The summed E-state index contributed by atoms with van der Waals surface area (Å²) in [6, 6.07) is 0. The molecule has 1 atom stereocenters. The highest BCUT2D eigenvalue weighted by molar-refractivity contribution is 6.18. The van der Waals surface area contributed by atoms with Crippen LogP contribution in [0.3, 0.4) is 0 Å². The molecule has 0 radical (unpaired) electrons. The summed E-state index contributed by atoms with van der Waals surface area (Å²) in [5, 5.41) is 0. The van der Waals surface area contributed by atoms with Crippen molar-refractivity contribution in [2.45, 2.75) is 26.4 Å². The molecular formula is C6H15ClOSi. The second-order valence-corrected chi connectivity index (χ2v) is 3.48. The molecule has 0 spiro atoms. The Labute approximate surface area is 65.3 Å². The number of rotatable bonds is 3. The lowest BCUT2D eigenvalue weighted by atomic mass is 9.95. The number of alkyl halides is 1. The lowest BCUT2D eigenvalue weighted by Crippen LogP contribution is -2.36. The van der Waals surface area contributed by atoms with E-state index in [0.29, 0.717) is 11.8 Å². The summed E-state index contributed by atoms with van der Waals surface area (Å²) >= 11 is 5.70. The summed E-state index contributed by atoms with van der Waals surface area (Å²) in [4.78, 5) is 0. The van der Waals surface area contributed by atoms with Crippen LogP contribution in [0.25, 0.3) is 0 Å². The van der Waals surface area contributed by atoms with Gasteiger partial charge in [-0.2, -0.15) is 0 Å². The van der Waals surface area contributed by atoms with Gasteiger partial charge in [-0.15, -0.1) is 11.6 Å². The van der Waals surface area contributed by atoms with Crippen LogP contribution in [0.4, 0.5) is 0 Å². The number of hydrogen-bond acceptors (Lipinski definition) is 1. The fourth-order valence-corrected chi connectivity index (χ4v) is 1.66. The van der Waals surface area contributed by atoms with Gasteiger partial charge >= 0.3 is 0 Å². The van der Waals surface area contributed by atoms with Crippen LogP contribution in [0.5, 0.6) is 0 Å². The molecule has 0 aromatic heterocycles. The predicted octanol–water partition coefficient (Wildman–Crippen LogP) is 0.937. The molecule has 0 saturated heterocycles. The molecule has 9 heavy (non-hydrogen) atoms. The van der Waals surface area contributed by atoms with Crippen LogP contribution >= 0.6 is 11.6 Å². The monoisotopic (exact) mass is 166 g/mol. The van der Waals surface area contributed by atoms with E-state index in [1.54, 1.807) is 0 Å². The van der Waals surface area contributed by atoms with E-state index in [2.05, 4.69) is 20.8 Å². The van der Waals surface area contributed by atoms with E-state index in [0.717, 1.165) is 10.5 Å². The van der Waals surface area contributed by atoms with Gasteiger partial charge in [0.25, 0.3) is 0 Å². The van der Waals surface area contributed by atoms with Gasteiger partial charge in [0.05, 0.1) is 11.5 Å². The van der Waals surface area contributed by atoms with Gasteiger partial charge in [0.2, 0.25) is 0 Å². The zero-order chi connectivity index (χ0) is 7.49. The van der Waals surface area contributed by atoms with E-state index in [-0.39, 0.29) is 5.60 Å². The van der Waals surface area contributed by atoms with Crippen molar-refractivity contribution in [3.63, 3.8) is 0 Å². The third-order valence-corrected chi connectivity index (χ3v) is 3.42. The smallest absolute Gasteiger partial charge is 0.146 e. The molecule has 0 saturated carbocycles. The fraction of sp³-hybridized carbons (Fsp3) is 1.00. The highest BCUT2D eigenvalue weighted by atomic mass is 35.5. The zero-order valence-electron chi connectivity index (χ0n) is 6.57. The van der Waals surface area contributed by atoms with Gasteiger partial charge in [-0.1, -0.05) is 13.8 Å². The minimum atomic E-state index is -0.0895. The Bertz CT molecular complexity index is 81.1. The Morgan fingerprint density at radius 3 is 2.11 bits per heavy atom. The summed E-state index contributed by atoms with van der Waals surface area (Å²) < 4.78 is 5.36. The van der Waals surface area contributed by atoms with Crippen LogP contribution in [0, 0.1) is 5.92 Å². The summed E-state index contributed by atoms with van der Waals surface area (Å²) in [5.74, 6) is 1.10. The molecule has 1 unspecified atom stereocenters. The lowest BCUT2D eigenvalue weighted by Gasteiger charge is -2.30. The SMILES string of the molecule is CC(C)C(C)(CCl)O[SiH3]. The van der Waals surface area contributed by atoms with Crippen molar-refractivity contribution < 1.29 is 4.43 Å². The van der Waals surface area contributed by atoms with E-state index in [1.165, 1.54) is 0 Å². The highest BCUT2D eigenvalue weighted by Gasteiger charge is 2.25. The van der Waals surface area contributed by atoms with Crippen LogP contribution in [-0.4, -0.2) is 22.0 Å². The van der Waals surface area contributed by atoms with E-state index in [1.807, 2.05) is 0 Å². The minimum Gasteiger partial charge on any atom is -0.421 e. The molecule has 0 bridgehead atoms. The maximum atomic E-state index is 5.70. The third kappa shape index (κ3) is 2.28. The van der Waals surface area contributed by atoms with E-state index >= 15 is 0 Å². The molecule has 0 aliphatic heterocycles. The minimum absolute atomic E-state index is 0.0895. The third-order valence-electron chi connectivity index (χ3n) is 1.95. The Kier molecular flexibility index (Phi) is 3.78. The number of hydrogen-bond donors (Lipinski definition) is 0. The quantitative estimate of drug-likeness (QED) is 0.448. The van der Waals surface area contributed by atoms with Gasteiger partial charge in [0.15, 0.2) is 0 Å².